The molecule has 1 spiro atoms. The van der Waals surface area contributed by atoms with Crippen LogP contribution in [-0.2, 0) is 16.1 Å². The lowest BCUT2D eigenvalue weighted by atomic mass is 9.79. The van der Waals surface area contributed by atoms with Crippen LogP contribution in [-0.4, -0.2) is 83.5 Å². The van der Waals surface area contributed by atoms with Gasteiger partial charge in [-0.3, -0.25) is 9.69 Å². The van der Waals surface area contributed by atoms with E-state index >= 15 is 0 Å². The van der Waals surface area contributed by atoms with Crippen LogP contribution in [0.3, 0.4) is 0 Å². The quantitative estimate of drug-likeness (QED) is 0.443. The number of methoxy groups -OCH3 is 1. The molecule has 0 bridgehead atoms. The van der Waals surface area contributed by atoms with Crippen LogP contribution in [0.1, 0.15) is 41.4 Å². The lowest BCUT2D eigenvalue weighted by Gasteiger charge is -2.48. The first kappa shape index (κ1) is 25.8. The highest BCUT2D eigenvalue weighted by Gasteiger charge is 2.47. The van der Waals surface area contributed by atoms with Crippen molar-refractivity contribution in [2.24, 2.45) is 5.41 Å². The highest BCUT2D eigenvalue weighted by atomic mass is 16.5. The molecule has 1 atom stereocenters. The molecule has 0 saturated carbocycles. The van der Waals surface area contributed by atoms with Crippen LogP contribution in [0.5, 0.6) is 5.75 Å². The molecule has 9 nitrogen and oxygen atoms in total. The number of aromatic nitrogens is 3. The van der Waals surface area contributed by atoms with Crippen molar-refractivity contribution in [1.82, 2.24) is 24.6 Å². The first-order valence-electron chi connectivity index (χ1n) is 13.9. The highest BCUT2D eigenvalue weighted by molar-refractivity contribution is 5.70. The van der Waals surface area contributed by atoms with Crippen LogP contribution >= 0.6 is 0 Å². The molecule has 2 fully saturated rings. The number of pyridine rings is 1. The smallest absolute Gasteiger partial charge is 0.306 e. The summed E-state index contributed by atoms with van der Waals surface area (Å²) in [6, 6.07) is 14.6. The van der Waals surface area contributed by atoms with Crippen LogP contribution < -0.4 is 10.1 Å². The van der Waals surface area contributed by atoms with Gasteiger partial charge in [0.15, 0.2) is 11.6 Å². The summed E-state index contributed by atoms with van der Waals surface area (Å²) >= 11 is 0. The Bertz CT molecular complexity index is 1350. The minimum atomic E-state index is -0.169. The monoisotopic (exact) mass is 530 g/mol. The molecule has 9 heteroatoms. The van der Waals surface area contributed by atoms with Gasteiger partial charge in [-0.05, 0) is 62.7 Å². The molecule has 0 radical (unpaired) electrons. The van der Waals surface area contributed by atoms with Crippen molar-refractivity contribution in [3.05, 3.63) is 65.1 Å². The fraction of sp³-hybridized carbons (Fsp3) is 0.500. The maximum Gasteiger partial charge on any atom is 0.306 e. The second-order valence-electron chi connectivity index (χ2n) is 11.5. The molecule has 1 aromatic carbocycles. The number of aryl methyl sites for hydroxylation is 2. The number of carbonyl (C=O) groups is 1. The van der Waals surface area contributed by atoms with E-state index in [-0.39, 0.29) is 11.9 Å². The van der Waals surface area contributed by atoms with Crippen LogP contribution in [0.2, 0.25) is 0 Å². The zero-order valence-corrected chi connectivity index (χ0v) is 23.2. The predicted octanol–water partition coefficient (Wildman–Crippen LogP) is 3.54. The molecule has 5 heterocycles. The molecular weight excluding hydrogens is 492 g/mol. The third-order valence-corrected chi connectivity index (χ3v) is 8.30. The van der Waals surface area contributed by atoms with Gasteiger partial charge in [0, 0.05) is 49.8 Å². The van der Waals surface area contributed by atoms with E-state index < -0.39 is 0 Å². The molecule has 206 valence electrons. The second-order valence-corrected chi connectivity index (χ2v) is 11.5. The Hall–Kier alpha value is -3.43. The van der Waals surface area contributed by atoms with E-state index in [1.54, 1.807) is 0 Å². The SMILES string of the molecule is COC(=O)C[C@H](CN1CCC2(C1)CN(Cc1ccc3c(n1)NCCO3)C2)c1cccc(-n2nc(C)cc2C)c1. The van der Waals surface area contributed by atoms with Crippen molar-refractivity contribution < 1.29 is 14.3 Å². The zero-order chi connectivity index (χ0) is 27.0. The number of anilines is 1. The van der Waals surface area contributed by atoms with Gasteiger partial charge in [0.1, 0.15) is 6.61 Å². The number of nitrogens with zero attached hydrogens (tertiary/aromatic N) is 5. The molecule has 0 amide bonds. The second kappa shape index (κ2) is 10.6. The minimum absolute atomic E-state index is 0.0649. The van der Waals surface area contributed by atoms with Crippen LogP contribution in [0.4, 0.5) is 5.82 Å². The van der Waals surface area contributed by atoms with Gasteiger partial charge < -0.3 is 19.7 Å². The summed E-state index contributed by atoms with van der Waals surface area (Å²) in [6.45, 7) is 11.6. The molecule has 39 heavy (non-hydrogen) atoms. The number of benzene rings is 1. The maximum atomic E-state index is 12.4. The third kappa shape index (κ3) is 5.51. The Morgan fingerprint density at radius 3 is 2.79 bits per heavy atom. The van der Waals surface area contributed by atoms with Crippen molar-refractivity contribution >= 4 is 11.8 Å². The van der Waals surface area contributed by atoms with Gasteiger partial charge in [0.05, 0.1) is 37.2 Å². The average Bonchev–Trinajstić information content (AvgIpc) is 3.50. The Labute approximate surface area is 230 Å². The average molecular weight is 531 g/mol. The van der Waals surface area contributed by atoms with E-state index in [1.165, 1.54) is 13.5 Å². The number of nitrogens with one attached hydrogen (secondary N) is 1. The topological polar surface area (TPSA) is 84.8 Å². The summed E-state index contributed by atoms with van der Waals surface area (Å²) < 4.78 is 12.7. The molecule has 0 aliphatic carbocycles. The molecule has 6 rings (SSSR count). The maximum absolute atomic E-state index is 12.4. The van der Waals surface area contributed by atoms with Crippen molar-refractivity contribution in [1.29, 1.82) is 0 Å². The van der Waals surface area contributed by atoms with Gasteiger partial charge in [-0.15, -0.1) is 0 Å². The highest BCUT2D eigenvalue weighted by Crippen LogP contribution is 2.41. The summed E-state index contributed by atoms with van der Waals surface area (Å²) in [7, 11) is 1.47. The summed E-state index contributed by atoms with van der Waals surface area (Å²) in [5.74, 6) is 1.60. The van der Waals surface area contributed by atoms with Crippen LogP contribution in [0, 0.1) is 19.3 Å². The fourth-order valence-corrected chi connectivity index (χ4v) is 6.52. The number of fused-ring (bicyclic) bond motifs is 1. The van der Waals surface area contributed by atoms with Gasteiger partial charge in [-0.1, -0.05) is 12.1 Å². The van der Waals surface area contributed by atoms with Crippen LogP contribution in [0.15, 0.2) is 42.5 Å². The first-order valence-corrected chi connectivity index (χ1v) is 13.9. The molecule has 0 unspecified atom stereocenters. The Kier molecular flexibility index (Phi) is 7.03. The molecule has 1 N–H and O–H groups in total. The number of likely N-dealkylation sites (tertiary alicyclic amines) is 2. The van der Waals surface area contributed by atoms with E-state index in [4.69, 9.17) is 14.5 Å². The number of rotatable bonds is 8. The van der Waals surface area contributed by atoms with E-state index in [0.717, 1.165) is 85.7 Å². The minimum Gasteiger partial charge on any atom is -0.488 e. The molecular formula is C30H38N6O3. The number of hydrogen-bond donors (Lipinski definition) is 1. The molecule has 3 aromatic rings. The lowest BCUT2D eigenvalue weighted by Crippen LogP contribution is -2.57. The van der Waals surface area contributed by atoms with E-state index in [2.05, 4.69) is 63.5 Å². The van der Waals surface area contributed by atoms with Gasteiger partial charge in [-0.25, -0.2) is 9.67 Å². The predicted molar refractivity (Wildman–Crippen MR) is 149 cm³/mol. The van der Waals surface area contributed by atoms with Gasteiger partial charge >= 0.3 is 5.97 Å². The summed E-state index contributed by atoms with van der Waals surface area (Å²) in [5, 5.41) is 7.99. The summed E-state index contributed by atoms with van der Waals surface area (Å²) in [5.41, 5.74) is 5.68. The standard InChI is InChI=1S/C30H38N6O3/c1-21-13-22(2)36(33-21)26-6-4-5-23(14-26)24(15-28(37)38-3)16-34-11-9-30(18-34)19-35(20-30)17-25-7-8-27-29(32-25)31-10-12-39-27/h4-8,13-14,24H,9-12,15-20H2,1-3H3,(H,31,32)/t24-/m1/s1. The molecule has 3 aliphatic heterocycles. The summed E-state index contributed by atoms with van der Waals surface area (Å²) in [6.07, 6.45) is 1.56. The fourth-order valence-electron chi connectivity index (χ4n) is 6.52. The van der Waals surface area contributed by atoms with Gasteiger partial charge in [0.2, 0.25) is 0 Å². The van der Waals surface area contributed by atoms with Crippen molar-refractivity contribution in [2.45, 2.75) is 39.2 Å². The number of esters is 1. The number of ether oxygens (including phenoxy) is 2. The Balaban J connectivity index is 1.10. The van der Waals surface area contributed by atoms with Crippen LogP contribution in [0.25, 0.3) is 5.69 Å². The Morgan fingerprint density at radius 2 is 2.00 bits per heavy atom. The first-order chi connectivity index (χ1) is 18.9. The lowest BCUT2D eigenvalue weighted by molar-refractivity contribution is -0.141. The van der Waals surface area contributed by atoms with E-state index in [1.807, 2.05) is 17.7 Å². The van der Waals surface area contributed by atoms with E-state index in [9.17, 15) is 4.79 Å². The third-order valence-electron chi connectivity index (χ3n) is 8.30. The van der Waals surface area contributed by atoms with Crippen molar-refractivity contribution in [3.8, 4) is 11.4 Å². The van der Waals surface area contributed by atoms with E-state index in [0.29, 0.717) is 18.4 Å². The molecule has 3 aliphatic rings. The normalized spacial score (nSPS) is 19.2. The summed E-state index contributed by atoms with van der Waals surface area (Å²) in [4.78, 5) is 22.2. The largest absolute Gasteiger partial charge is 0.488 e. The zero-order valence-electron chi connectivity index (χ0n) is 23.2. The van der Waals surface area contributed by atoms with Crippen molar-refractivity contribution in [2.75, 3.05) is 58.3 Å². The Morgan fingerprint density at radius 1 is 1.15 bits per heavy atom. The van der Waals surface area contributed by atoms with Crippen molar-refractivity contribution in [3.63, 3.8) is 0 Å². The number of carbonyl (C=O) groups excluding carboxylic acids is 1. The number of hydrogen-bond acceptors (Lipinski definition) is 8. The molecule has 2 saturated heterocycles. The van der Waals surface area contributed by atoms with Gasteiger partial charge in [-0.2, -0.15) is 5.10 Å². The van der Waals surface area contributed by atoms with Gasteiger partial charge in [0.25, 0.3) is 0 Å². The molecule has 2 aromatic heterocycles.